The lowest BCUT2D eigenvalue weighted by Crippen LogP contribution is -2.34. The highest BCUT2D eigenvalue weighted by Gasteiger charge is 2.32. The van der Waals surface area contributed by atoms with Crippen molar-refractivity contribution in [2.75, 3.05) is 24.7 Å². The molecule has 1 aliphatic heterocycles. The van der Waals surface area contributed by atoms with Crippen LogP contribution in [0.15, 0.2) is 18.2 Å². The predicted octanol–water partition coefficient (Wildman–Crippen LogP) is 3.42. The average molecular weight is 276 g/mol. The summed E-state index contributed by atoms with van der Waals surface area (Å²) in [5.41, 5.74) is 4.31. The molecule has 1 saturated carbocycles. The van der Waals surface area contributed by atoms with E-state index < -0.39 is 0 Å². The Labute approximate surface area is 120 Å². The van der Waals surface area contributed by atoms with Crippen LogP contribution in [0.25, 0.3) is 0 Å². The fraction of sp³-hybridized carbons (Fsp3) is 0.625. The summed E-state index contributed by atoms with van der Waals surface area (Å²) in [6.45, 7) is 3.25. The van der Waals surface area contributed by atoms with Gasteiger partial charge in [0, 0.05) is 30.1 Å². The van der Waals surface area contributed by atoms with Crippen molar-refractivity contribution in [3.63, 3.8) is 0 Å². The molecule has 1 aliphatic carbocycles. The third kappa shape index (κ3) is 2.77. The summed E-state index contributed by atoms with van der Waals surface area (Å²) >= 11 is 2.06. The van der Waals surface area contributed by atoms with Crippen molar-refractivity contribution in [1.29, 1.82) is 0 Å². The van der Waals surface area contributed by atoms with Crippen molar-refractivity contribution in [1.82, 2.24) is 5.32 Å². The minimum Gasteiger partial charge on any atom is -0.384 e. The quantitative estimate of drug-likeness (QED) is 0.861. The zero-order valence-corrected chi connectivity index (χ0v) is 12.6. The van der Waals surface area contributed by atoms with Gasteiger partial charge in [-0.1, -0.05) is 31.0 Å². The number of nitrogens with one attached hydrogen (secondary N) is 2. The van der Waals surface area contributed by atoms with Crippen LogP contribution in [0, 0.1) is 0 Å². The normalized spacial score (nSPS) is 20.3. The molecule has 0 radical (unpaired) electrons. The SMILES string of the molecule is CSC1(CNCc2cccc3c2NCC3)CCCC1. The van der Waals surface area contributed by atoms with E-state index in [-0.39, 0.29) is 0 Å². The van der Waals surface area contributed by atoms with E-state index in [0.717, 1.165) is 19.6 Å². The molecule has 0 spiro atoms. The van der Waals surface area contributed by atoms with Gasteiger partial charge in [-0.3, -0.25) is 0 Å². The first kappa shape index (κ1) is 13.3. The number of para-hydroxylation sites is 1. The number of rotatable bonds is 5. The van der Waals surface area contributed by atoms with Crippen LogP contribution in [0.1, 0.15) is 36.8 Å². The van der Waals surface area contributed by atoms with E-state index in [1.165, 1.54) is 48.9 Å². The van der Waals surface area contributed by atoms with Gasteiger partial charge < -0.3 is 10.6 Å². The van der Waals surface area contributed by atoms with Gasteiger partial charge in [-0.2, -0.15) is 11.8 Å². The molecule has 0 saturated heterocycles. The van der Waals surface area contributed by atoms with Crippen molar-refractivity contribution in [3.05, 3.63) is 29.3 Å². The molecular weight excluding hydrogens is 252 g/mol. The Hall–Kier alpha value is -0.670. The summed E-state index contributed by atoms with van der Waals surface area (Å²) in [6, 6.07) is 6.70. The minimum absolute atomic E-state index is 0.505. The maximum Gasteiger partial charge on any atom is 0.0419 e. The molecule has 2 N–H and O–H groups in total. The second-order valence-electron chi connectivity index (χ2n) is 5.83. The van der Waals surface area contributed by atoms with Crippen LogP contribution in [0.3, 0.4) is 0 Å². The first-order chi connectivity index (χ1) is 9.33. The standard InChI is InChI=1S/C16H24N2S/c1-19-16(8-2-3-9-16)12-17-11-14-6-4-5-13-7-10-18-15(13)14/h4-6,17-18H,2-3,7-12H2,1H3. The monoisotopic (exact) mass is 276 g/mol. The summed E-state index contributed by atoms with van der Waals surface area (Å²) < 4.78 is 0.505. The van der Waals surface area contributed by atoms with Gasteiger partial charge >= 0.3 is 0 Å². The molecule has 1 fully saturated rings. The second-order valence-corrected chi connectivity index (χ2v) is 7.10. The molecule has 2 nitrogen and oxygen atoms in total. The van der Waals surface area contributed by atoms with Crippen molar-refractivity contribution < 1.29 is 0 Å². The highest BCUT2D eigenvalue weighted by molar-refractivity contribution is 8.00. The summed E-state index contributed by atoms with van der Waals surface area (Å²) in [5, 5.41) is 7.23. The predicted molar refractivity (Wildman–Crippen MR) is 85.1 cm³/mol. The molecule has 1 aromatic rings. The van der Waals surface area contributed by atoms with Crippen LogP contribution in [-0.2, 0) is 13.0 Å². The second kappa shape index (κ2) is 5.76. The molecule has 0 bridgehead atoms. The van der Waals surface area contributed by atoms with Gasteiger partial charge in [0.25, 0.3) is 0 Å². The summed E-state index contributed by atoms with van der Waals surface area (Å²) in [6.07, 6.45) is 9.03. The van der Waals surface area contributed by atoms with Gasteiger partial charge in [0.2, 0.25) is 0 Å². The molecule has 1 heterocycles. The van der Waals surface area contributed by atoms with E-state index in [9.17, 15) is 0 Å². The van der Waals surface area contributed by atoms with E-state index in [4.69, 9.17) is 0 Å². The zero-order valence-electron chi connectivity index (χ0n) is 11.8. The van der Waals surface area contributed by atoms with E-state index in [2.05, 4.69) is 46.9 Å². The highest BCUT2D eigenvalue weighted by atomic mass is 32.2. The molecule has 3 rings (SSSR count). The van der Waals surface area contributed by atoms with E-state index >= 15 is 0 Å². The Morgan fingerprint density at radius 3 is 2.95 bits per heavy atom. The van der Waals surface area contributed by atoms with Crippen LogP contribution in [-0.4, -0.2) is 24.1 Å². The fourth-order valence-electron chi connectivity index (χ4n) is 3.46. The fourth-order valence-corrected chi connectivity index (χ4v) is 4.40. The molecule has 3 heteroatoms. The molecular formula is C16H24N2S. The van der Waals surface area contributed by atoms with Gasteiger partial charge in [-0.25, -0.2) is 0 Å². The van der Waals surface area contributed by atoms with E-state index in [0.29, 0.717) is 4.75 Å². The van der Waals surface area contributed by atoms with Crippen molar-refractivity contribution in [2.24, 2.45) is 0 Å². The molecule has 1 aromatic carbocycles. The highest BCUT2D eigenvalue weighted by Crippen LogP contribution is 2.39. The van der Waals surface area contributed by atoms with Gasteiger partial charge in [-0.15, -0.1) is 0 Å². The Bertz CT molecular complexity index is 438. The number of hydrogen-bond donors (Lipinski definition) is 2. The largest absolute Gasteiger partial charge is 0.384 e. The average Bonchev–Trinajstić information content (AvgIpc) is 3.08. The molecule has 0 amide bonds. The first-order valence-corrected chi connectivity index (χ1v) is 8.66. The number of hydrogen-bond acceptors (Lipinski definition) is 3. The third-order valence-corrected chi connectivity index (χ3v) is 6.06. The number of benzene rings is 1. The molecule has 0 aromatic heterocycles. The molecule has 0 unspecified atom stereocenters. The lowest BCUT2D eigenvalue weighted by Gasteiger charge is -2.27. The minimum atomic E-state index is 0.505. The van der Waals surface area contributed by atoms with Crippen LogP contribution < -0.4 is 10.6 Å². The van der Waals surface area contributed by atoms with E-state index in [1.807, 2.05) is 0 Å². The summed E-state index contributed by atoms with van der Waals surface area (Å²) in [5.74, 6) is 0. The van der Waals surface area contributed by atoms with Crippen LogP contribution in [0.5, 0.6) is 0 Å². The lowest BCUT2D eigenvalue weighted by atomic mass is 10.1. The maximum atomic E-state index is 3.70. The Morgan fingerprint density at radius 1 is 1.32 bits per heavy atom. The summed E-state index contributed by atoms with van der Waals surface area (Å²) in [7, 11) is 0. The van der Waals surface area contributed by atoms with Crippen LogP contribution >= 0.6 is 11.8 Å². The van der Waals surface area contributed by atoms with Gasteiger partial charge in [0.1, 0.15) is 0 Å². The molecule has 19 heavy (non-hydrogen) atoms. The summed E-state index contributed by atoms with van der Waals surface area (Å²) in [4.78, 5) is 0. The number of anilines is 1. The van der Waals surface area contributed by atoms with Gasteiger partial charge in [0.05, 0.1) is 0 Å². The Morgan fingerprint density at radius 2 is 2.16 bits per heavy atom. The van der Waals surface area contributed by atoms with Crippen LogP contribution in [0.4, 0.5) is 5.69 Å². The van der Waals surface area contributed by atoms with Crippen molar-refractivity contribution in [3.8, 4) is 0 Å². The topological polar surface area (TPSA) is 24.1 Å². The van der Waals surface area contributed by atoms with Crippen LogP contribution in [0.2, 0.25) is 0 Å². The number of fused-ring (bicyclic) bond motifs is 1. The maximum absolute atomic E-state index is 3.70. The number of thioether (sulfide) groups is 1. The smallest absolute Gasteiger partial charge is 0.0419 e. The zero-order chi connectivity index (χ0) is 13.1. The molecule has 104 valence electrons. The van der Waals surface area contributed by atoms with E-state index in [1.54, 1.807) is 0 Å². The first-order valence-electron chi connectivity index (χ1n) is 7.43. The molecule has 2 aliphatic rings. The van der Waals surface area contributed by atoms with Crippen molar-refractivity contribution in [2.45, 2.75) is 43.4 Å². The van der Waals surface area contributed by atoms with Gasteiger partial charge in [0.15, 0.2) is 0 Å². The van der Waals surface area contributed by atoms with Crippen molar-refractivity contribution >= 4 is 17.4 Å². The lowest BCUT2D eigenvalue weighted by molar-refractivity contribution is 0.534. The Balaban J connectivity index is 1.59. The molecule has 0 atom stereocenters. The third-order valence-electron chi connectivity index (χ3n) is 4.64. The van der Waals surface area contributed by atoms with Gasteiger partial charge in [-0.05, 0) is 36.6 Å². The Kier molecular flexibility index (Phi) is 4.04.